The van der Waals surface area contributed by atoms with E-state index in [1.54, 1.807) is 0 Å². The minimum atomic E-state index is 0.638. The van der Waals surface area contributed by atoms with Gasteiger partial charge in [-0.1, -0.05) is 164 Å². The SMILES string of the molecule is c1ccc(-c2nc(-c3ccccc3)nc(-c3ccc(-n4c5ccccc5c5cc(-c6ccc7c(c6)c6c8ccccc8ccc6n7-c6ccccc6)ccc54)c4ccccc34)n2)cc1. The van der Waals surface area contributed by atoms with Gasteiger partial charge in [0.2, 0.25) is 0 Å². The minimum absolute atomic E-state index is 0.638. The van der Waals surface area contributed by atoms with Crippen LogP contribution >= 0.6 is 0 Å². The van der Waals surface area contributed by atoms with Crippen LogP contribution in [0.5, 0.6) is 0 Å². The van der Waals surface area contributed by atoms with E-state index in [9.17, 15) is 0 Å². The van der Waals surface area contributed by atoms with Crippen molar-refractivity contribution in [1.82, 2.24) is 24.1 Å². The molecule has 0 saturated heterocycles. The lowest BCUT2D eigenvalue weighted by Crippen LogP contribution is -2.01. The van der Waals surface area contributed by atoms with Crippen LogP contribution in [0.4, 0.5) is 0 Å². The zero-order valence-electron chi connectivity index (χ0n) is 34.6. The predicted octanol–water partition coefficient (Wildman–Crippen LogP) is 15.0. The molecule has 298 valence electrons. The predicted molar refractivity (Wildman–Crippen MR) is 265 cm³/mol. The summed E-state index contributed by atoms with van der Waals surface area (Å²) in [5.41, 5.74) is 12.2. The number of aromatic nitrogens is 5. The van der Waals surface area contributed by atoms with Crippen molar-refractivity contribution in [2.24, 2.45) is 0 Å². The van der Waals surface area contributed by atoms with Crippen LogP contribution in [-0.4, -0.2) is 24.1 Å². The maximum absolute atomic E-state index is 5.12. The lowest BCUT2D eigenvalue weighted by molar-refractivity contribution is 1.08. The number of nitrogens with zero attached hydrogens (tertiary/aromatic N) is 5. The summed E-state index contributed by atoms with van der Waals surface area (Å²) in [4.78, 5) is 15.2. The molecule has 0 aliphatic carbocycles. The molecule has 13 aromatic rings. The van der Waals surface area contributed by atoms with Gasteiger partial charge in [-0.2, -0.15) is 0 Å². The van der Waals surface area contributed by atoms with Crippen LogP contribution in [0.25, 0.3) is 122 Å². The van der Waals surface area contributed by atoms with Gasteiger partial charge in [0.15, 0.2) is 17.5 Å². The number of benzene rings is 10. The standard InChI is InChI=1S/C59H37N5/c1-4-17-39(18-5-1)57-60-58(40-19-6-2-7-20-40)62-59(61-57)48-31-35-52(46-25-13-12-24-45(46)48)64-51-27-15-14-26-47(51)49-36-41(29-32-53(49)64)42-30-33-54-50(37-42)56-44-23-11-10-16-38(44)28-34-55(56)63(54)43-21-8-3-9-22-43/h1-37H. The van der Waals surface area contributed by atoms with Crippen LogP contribution in [0, 0.1) is 0 Å². The van der Waals surface area contributed by atoms with Crippen LogP contribution in [0.1, 0.15) is 0 Å². The molecule has 0 atom stereocenters. The van der Waals surface area contributed by atoms with Gasteiger partial charge < -0.3 is 9.13 Å². The Morgan fingerprint density at radius 3 is 1.50 bits per heavy atom. The fraction of sp³-hybridized carbons (Fsp3) is 0. The maximum Gasteiger partial charge on any atom is 0.164 e. The van der Waals surface area contributed by atoms with Crippen molar-refractivity contribution in [2.45, 2.75) is 0 Å². The van der Waals surface area contributed by atoms with E-state index in [0.717, 1.165) is 49.9 Å². The highest BCUT2D eigenvalue weighted by atomic mass is 15.0. The van der Waals surface area contributed by atoms with Crippen molar-refractivity contribution in [3.63, 3.8) is 0 Å². The van der Waals surface area contributed by atoms with E-state index in [1.807, 2.05) is 60.7 Å². The largest absolute Gasteiger partial charge is 0.309 e. The highest BCUT2D eigenvalue weighted by Crippen LogP contribution is 2.42. The van der Waals surface area contributed by atoms with Crippen LogP contribution in [-0.2, 0) is 0 Å². The summed E-state index contributed by atoms with van der Waals surface area (Å²) >= 11 is 0. The molecule has 3 heterocycles. The highest BCUT2D eigenvalue weighted by molar-refractivity contribution is 6.22. The zero-order valence-corrected chi connectivity index (χ0v) is 34.6. The van der Waals surface area contributed by atoms with E-state index in [2.05, 4.69) is 173 Å². The zero-order chi connectivity index (χ0) is 42.1. The molecule has 0 fully saturated rings. The molecule has 0 N–H and O–H groups in total. The average molecular weight is 816 g/mol. The first-order valence-electron chi connectivity index (χ1n) is 21.7. The number of hydrogen-bond acceptors (Lipinski definition) is 3. The average Bonchev–Trinajstić information content (AvgIpc) is 3.89. The molecule has 64 heavy (non-hydrogen) atoms. The van der Waals surface area contributed by atoms with Gasteiger partial charge in [-0.3, -0.25) is 0 Å². The molecule has 0 amide bonds. The molecule has 3 aromatic heterocycles. The van der Waals surface area contributed by atoms with Gasteiger partial charge in [-0.05, 0) is 87.9 Å². The molecule has 0 spiro atoms. The van der Waals surface area contributed by atoms with Crippen molar-refractivity contribution in [1.29, 1.82) is 0 Å². The first-order chi connectivity index (χ1) is 31.7. The molecule has 5 heteroatoms. The Labute approximate surface area is 368 Å². The summed E-state index contributed by atoms with van der Waals surface area (Å²) in [6.07, 6.45) is 0. The van der Waals surface area contributed by atoms with Gasteiger partial charge in [0.05, 0.1) is 27.8 Å². The maximum atomic E-state index is 5.12. The Kier molecular flexibility index (Phi) is 8.15. The molecule has 0 bridgehead atoms. The second-order valence-electron chi connectivity index (χ2n) is 16.4. The van der Waals surface area contributed by atoms with E-state index >= 15 is 0 Å². The third kappa shape index (κ3) is 5.68. The van der Waals surface area contributed by atoms with Gasteiger partial charge in [0.25, 0.3) is 0 Å². The lowest BCUT2D eigenvalue weighted by atomic mass is 9.99. The quantitative estimate of drug-likeness (QED) is 0.168. The van der Waals surface area contributed by atoms with Gasteiger partial charge in [-0.15, -0.1) is 0 Å². The molecule has 13 rings (SSSR count). The number of hydrogen-bond donors (Lipinski definition) is 0. The Hall–Kier alpha value is -8.67. The third-order valence-corrected chi connectivity index (χ3v) is 12.8. The Balaban J connectivity index is 0.987. The number of rotatable bonds is 6. The van der Waals surface area contributed by atoms with Crippen LogP contribution < -0.4 is 0 Å². The first kappa shape index (κ1) is 36.0. The van der Waals surface area contributed by atoms with Crippen molar-refractivity contribution in [3.05, 3.63) is 224 Å². The fourth-order valence-electron chi connectivity index (χ4n) is 9.84. The van der Waals surface area contributed by atoms with E-state index in [-0.39, 0.29) is 0 Å². The van der Waals surface area contributed by atoms with Crippen molar-refractivity contribution in [3.8, 4) is 56.7 Å². The molecule has 0 saturated carbocycles. The first-order valence-corrected chi connectivity index (χ1v) is 21.7. The van der Waals surface area contributed by atoms with E-state index in [0.29, 0.717) is 17.5 Å². The molecule has 0 aliphatic rings. The molecule has 10 aromatic carbocycles. The number of fused-ring (bicyclic) bond motifs is 9. The molecular weight excluding hydrogens is 779 g/mol. The molecule has 5 nitrogen and oxygen atoms in total. The Bertz CT molecular complexity index is 3890. The van der Waals surface area contributed by atoms with Gasteiger partial charge in [0.1, 0.15) is 0 Å². The highest BCUT2D eigenvalue weighted by Gasteiger charge is 2.20. The van der Waals surface area contributed by atoms with Gasteiger partial charge >= 0.3 is 0 Å². The second kappa shape index (κ2) is 14.5. The van der Waals surface area contributed by atoms with Gasteiger partial charge in [-0.25, -0.2) is 15.0 Å². The molecule has 0 aliphatic heterocycles. The van der Waals surface area contributed by atoms with Crippen molar-refractivity contribution in [2.75, 3.05) is 0 Å². The van der Waals surface area contributed by atoms with Gasteiger partial charge in [0, 0.05) is 49.3 Å². The normalized spacial score (nSPS) is 11.8. The van der Waals surface area contributed by atoms with Crippen LogP contribution in [0.2, 0.25) is 0 Å². The van der Waals surface area contributed by atoms with Crippen molar-refractivity contribution >= 4 is 65.2 Å². The monoisotopic (exact) mass is 815 g/mol. The molecular formula is C59H37N5. The summed E-state index contributed by atoms with van der Waals surface area (Å²) in [6.45, 7) is 0. The third-order valence-electron chi connectivity index (χ3n) is 12.8. The van der Waals surface area contributed by atoms with E-state index in [4.69, 9.17) is 15.0 Å². The van der Waals surface area contributed by atoms with Crippen LogP contribution in [0.15, 0.2) is 224 Å². The molecule has 0 unspecified atom stereocenters. The Morgan fingerprint density at radius 2 is 0.797 bits per heavy atom. The fourth-order valence-corrected chi connectivity index (χ4v) is 9.84. The second-order valence-corrected chi connectivity index (χ2v) is 16.4. The summed E-state index contributed by atoms with van der Waals surface area (Å²) in [5, 5.41) is 9.61. The minimum Gasteiger partial charge on any atom is -0.309 e. The summed E-state index contributed by atoms with van der Waals surface area (Å²) < 4.78 is 4.82. The smallest absolute Gasteiger partial charge is 0.164 e. The lowest BCUT2D eigenvalue weighted by Gasteiger charge is -2.15. The van der Waals surface area contributed by atoms with Crippen LogP contribution in [0.3, 0.4) is 0 Å². The van der Waals surface area contributed by atoms with Crippen molar-refractivity contribution < 1.29 is 0 Å². The molecule has 0 radical (unpaired) electrons. The topological polar surface area (TPSA) is 48.5 Å². The summed E-state index contributed by atoms with van der Waals surface area (Å²) in [6, 6.07) is 80.0. The van der Waals surface area contributed by atoms with E-state index in [1.165, 1.54) is 54.5 Å². The summed E-state index contributed by atoms with van der Waals surface area (Å²) in [7, 11) is 0. The summed E-state index contributed by atoms with van der Waals surface area (Å²) in [5.74, 6) is 1.93. The van der Waals surface area contributed by atoms with E-state index < -0.39 is 0 Å². The Morgan fingerprint density at radius 1 is 0.281 bits per heavy atom. The number of para-hydroxylation sites is 2.